The van der Waals surface area contributed by atoms with Crippen LogP contribution in [0.4, 0.5) is 0 Å². The molecule has 0 aliphatic carbocycles. The molecule has 1 unspecified atom stereocenters. The predicted molar refractivity (Wildman–Crippen MR) is 45.6 cm³/mol. The normalized spacial score (nSPS) is 12.5. The van der Waals surface area contributed by atoms with E-state index in [-0.39, 0.29) is 0 Å². The highest BCUT2D eigenvalue weighted by atomic mass is 35.5. The zero-order chi connectivity index (χ0) is 8.27. The van der Waals surface area contributed by atoms with E-state index in [0.717, 1.165) is 11.1 Å². The first-order valence-corrected chi connectivity index (χ1v) is 3.71. The molecule has 0 saturated carbocycles. The number of nitrogens with zero attached hydrogens (tertiary/aromatic N) is 1. The topological polar surface area (TPSA) is 29.4 Å². The summed E-state index contributed by atoms with van der Waals surface area (Å²) in [6.45, 7) is 1.90. The predicted octanol–water partition coefficient (Wildman–Crippen LogP) is 3.00. The second-order valence-electron chi connectivity index (χ2n) is 2.30. The molecule has 3 heteroatoms. The first kappa shape index (κ1) is 8.21. The Morgan fingerprint density at radius 1 is 1.45 bits per heavy atom. The van der Waals surface area contributed by atoms with Gasteiger partial charge in [0.2, 0.25) is 0 Å². The Balaban J connectivity index is 3.02. The molecule has 1 aromatic rings. The van der Waals surface area contributed by atoms with Gasteiger partial charge in [-0.1, -0.05) is 35.9 Å². The zero-order valence-corrected chi connectivity index (χ0v) is 6.88. The second-order valence-corrected chi connectivity index (χ2v) is 2.71. The van der Waals surface area contributed by atoms with Crippen LogP contribution in [0.1, 0.15) is 16.6 Å². The van der Waals surface area contributed by atoms with Gasteiger partial charge in [-0.25, -0.2) is 0 Å². The van der Waals surface area contributed by atoms with Gasteiger partial charge in [0.15, 0.2) is 5.50 Å². The van der Waals surface area contributed by atoms with Crippen molar-refractivity contribution in [2.75, 3.05) is 0 Å². The first-order valence-electron chi connectivity index (χ1n) is 3.28. The van der Waals surface area contributed by atoms with Crippen LogP contribution in [0, 0.1) is 11.8 Å². The molecule has 0 aromatic heterocycles. The quantitative estimate of drug-likeness (QED) is 0.380. The van der Waals surface area contributed by atoms with Crippen LogP contribution in [0.15, 0.2) is 29.4 Å². The van der Waals surface area contributed by atoms with Gasteiger partial charge in [0.1, 0.15) is 0 Å². The molecule has 0 aliphatic rings. The standard InChI is InChI=1S/C8H8ClNO/c1-6-4-2-3-5-7(6)8(9)10-11/h2-5,8H,1H3. The number of hydrogen-bond acceptors (Lipinski definition) is 2. The Hall–Kier alpha value is -0.890. The van der Waals surface area contributed by atoms with Crippen molar-refractivity contribution in [3.8, 4) is 0 Å². The van der Waals surface area contributed by atoms with Crippen LogP contribution < -0.4 is 0 Å². The van der Waals surface area contributed by atoms with Crippen molar-refractivity contribution >= 4 is 11.6 Å². The third-order valence-corrected chi connectivity index (χ3v) is 1.85. The maximum atomic E-state index is 10.1. The number of alkyl halides is 1. The molecule has 11 heavy (non-hydrogen) atoms. The molecule has 0 saturated heterocycles. The van der Waals surface area contributed by atoms with E-state index in [1.54, 1.807) is 6.07 Å². The number of rotatable bonds is 2. The molecule has 0 amide bonds. The van der Waals surface area contributed by atoms with E-state index in [9.17, 15) is 4.91 Å². The lowest BCUT2D eigenvalue weighted by molar-refractivity contribution is 0.988. The van der Waals surface area contributed by atoms with Crippen molar-refractivity contribution in [1.29, 1.82) is 0 Å². The van der Waals surface area contributed by atoms with Gasteiger partial charge in [-0.15, -0.1) is 4.91 Å². The van der Waals surface area contributed by atoms with E-state index < -0.39 is 5.50 Å². The fourth-order valence-corrected chi connectivity index (χ4v) is 1.16. The smallest absolute Gasteiger partial charge is 0.149 e. The monoisotopic (exact) mass is 169 g/mol. The maximum Gasteiger partial charge on any atom is 0.190 e. The van der Waals surface area contributed by atoms with Gasteiger partial charge in [-0.2, -0.15) is 0 Å². The van der Waals surface area contributed by atoms with Gasteiger partial charge in [0.05, 0.1) is 0 Å². The fraction of sp³-hybridized carbons (Fsp3) is 0.250. The molecule has 0 radical (unpaired) electrons. The van der Waals surface area contributed by atoms with Crippen molar-refractivity contribution in [1.82, 2.24) is 0 Å². The summed E-state index contributed by atoms with van der Waals surface area (Å²) in [5, 5.41) is 2.73. The fourth-order valence-electron chi connectivity index (χ4n) is 0.911. The van der Waals surface area contributed by atoms with Crippen LogP contribution in [0.2, 0.25) is 0 Å². The summed E-state index contributed by atoms with van der Waals surface area (Å²) in [4.78, 5) is 10.1. The molecule has 1 rings (SSSR count). The average molecular weight is 170 g/mol. The third kappa shape index (κ3) is 1.77. The van der Waals surface area contributed by atoms with Crippen LogP contribution in [0.3, 0.4) is 0 Å². The molecule has 58 valence electrons. The van der Waals surface area contributed by atoms with E-state index in [2.05, 4.69) is 5.18 Å². The Kier molecular flexibility index (Phi) is 2.60. The van der Waals surface area contributed by atoms with E-state index in [1.807, 2.05) is 25.1 Å². The Labute approximate surface area is 70.2 Å². The Bertz CT molecular complexity index is 262. The van der Waals surface area contributed by atoms with E-state index in [1.165, 1.54) is 0 Å². The molecule has 1 aromatic carbocycles. The Morgan fingerprint density at radius 3 is 2.64 bits per heavy atom. The van der Waals surface area contributed by atoms with Gasteiger partial charge in [0, 0.05) is 0 Å². The summed E-state index contributed by atoms with van der Waals surface area (Å²) in [6, 6.07) is 7.43. The summed E-state index contributed by atoms with van der Waals surface area (Å²) < 4.78 is 0. The number of hydrogen-bond donors (Lipinski definition) is 0. The molecule has 2 nitrogen and oxygen atoms in total. The summed E-state index contributed by atoms with van der Waals surface area (Å²) in [6.07, 6.45) is 0. The van der Waals surface area contributed by atoms with Crippen molar-refractivity contribution < 1.29 is 0 Å². The molecule has 0 fully saturated rings. The van der Waals surface area contributed by atoms with Crippen LogP contribution in [-0.2, 0) is 0 Å². The van der Waals surface area contributed by atoms with Gasteiger partial charge in [0.25, 0.3) is 0 Å². The van der Waals surface area contributed by atoms with Crippen molar-refractivity contribution in [2.24, 2.45) is 5.18 Å². The van der Waals surface area contributed by atoms with Gasteiger partial charge in [-0.05, 0) is 23.2 Å². The lowest BCUT2D eigenvalue weighted by atomic mass is 10.1. The lowest BCUT2D eigenvalue weighted by Gasteiger charge is -2.03. The summed E-state index contributed by atoms with van der Waals surface area (Å²) in [5.74, 6) is 0. The molecular formula is C8H8ClNO. The molecular weight excluding hydrogens is 162 g/mol. The van der Waals surface area contributed by atoms with E-state index in [0.29, 0.717) is 0 Å². The van der Waals surface area contributed by atoms with Crippen LogP contribution in [0.5, 0.6) is 0 Å². The van der Waals surface area contributed by atoms with Gasteiger partial charge < -0.3 is 0 Å². The van der Waals surface area contributed by atoms with Crippen molar-refractivity contribution in [3.63, 3.8) is 0 Å². The molecule has 0 heterocycles. The van der Waals surface area contributed by atoms with Crippen LogP contribution in [0.25, 0.3) is 0 Å². The number of benzene rings is 1. The summed E-state index contributed by atoms with van der Waals surface area (Å²) in [5.41, 5.74) is 1.02. The minimum absolute atomic E-state index is 0.754. The van der Waals surface area contributed by atoms with Crippen molar-refractivity contribution in [2.45, 2.75) is 12.4 Å². The minimum atomic E-state index is -0.754. The van der Waals surface area contributed by atoms with Crippen LogP contribution >= 0.6 is 11.6 Å². The highest BCUT2D eigenvalue weighted by Crippen LogP contribution is 2.23. The van der Waals surface area contributed by atoms with Crippen molar-refractivity contribution in [3.05, 3.63) is 40.3 Å². The summed E-state index contributed by atoms with van der Waals surface area (Å²) in [7, 11) is 0. The molecule has 0 aliphatic heterocycles. The lowest BCUT2D eigenvalue weighted by Crippen LogP contribution is -1.88. The molecule has 0 spiro atoms. The first-order chi connectivity index (χ1) is 5.25. The van der Waals surface area contributed by atoms with Crippen LogP contribution in [-0.4, -0.2) is 0 Å². The van der Waals surface area contributed by atoms with Gasteiger partial charge >= 0.3 is 0 Å². The SMILES string of the molecule is Cc1ccccc1C(Cl)N=O. The minimum Gasteiger partial charge on any atom is -0.149 e. The highest BCUT2D eigenvalue weighted by molar-refractivity contribution is 6.20. The average Bonchev–Trinajstić information content (AvgIpc) is 2.04. The molecule has 0 N–H and O–H groups in total. The highest BCUT2D eigenvalue weighted by Gasteiger charge is 2.08. The molecule has 0 bridgehead atoms. The number of halogens is 1. The Morgan fingerprint density at radius 2 is 2.09 bits per heavy atom. The third-order valence-electron chi connectivity index (χ3n) is 1.54. The number of aryl methyl sites for hydroxylation is 1. The number of nitroso groups, excluding NO2 is 1. The maximum absolute atomic E-state index is 10.1. The second kappa shape index (κ2) is 3.49. The zero-order valence-electron chi connectivity index (χ0n) is 6.12. The summed E-state index contributed by atoms with van der Waals surface area (Å²) >= 11 is 5.62. The van der Waals surface area contributed by atoms with E-state index >= 15 is 0 Å². The largest absolute Gasteiger partial charge is 0.190 e. The molecule has 1 atom stereocenters. The van der Waals surface area contributed by atoms with E-state index in [4.69, 9.17) is 11.6 Å². The van der Waals surface area contributed by atoms with Gasteiger partial charge in [-0.3, -0.25) is 0 Å².